The lowest BCUT2D eigenvalue weighted by atomic mass is 10.2. The molecule has 1 aliphatic carbocycles. The number of urea groups is 1. The van der Waals surface area contributed by atoms with Gasteiger partial charge in [0.15, 0.2) is 0 Å². The molecule has 2 N–H and O–H groups in total. The Labute approximate surface area is 119 Å². The van der Waals surface area contributed by atoms with Gasteiger partial charge in [-0.1, -0.05) is 13.8 Å². The van der Waals surface area contributed by atoms with Gasteiger partial charge in [-0.3, -0.25) is 4.79 Å². The maximum Gasteiger partial charge on any atom is 0.323 e. The van der Waals surface area contributed by atoms with Crippen LogP contribution in [0.15, 0.2) is 0 Å². The summed E-state index contributed by atoms with van der Waals surface area (Å²) in [6.07, 6.45) is 3.89. The highest BCUT2D eigenvalue weighted by molar-refractivity contribution is 7.99. The van der Waals surface area contributed by atoms with E-state index in [-0.39, 0.29) is 18.6 Å². The number of carbonyl (C=O) groups is 2. The number of nitrogens with one attached hydrogen (secondary N) is 1. The van der Waals surface area contributed by atoms with E-state index in [1.54, 1.807) is 0 Å². The molecule has 110 valence electrons. The van der Waals surface area contributed by atoms with Crippen LogP contribution < -0.4 is 5.32 Å². The van der Waals surface area contributed by atoms with Crippen LogP contribution in [0, 0.1) is 0 Å². The molecule has 0 radical (unpaired) electrons. The van der Waals surface area contributed by atoms with Gasteiger partial charge in [0.25, 0.3) is 0 Å². The highest BCUT2D eigenvalue weighted by Gasteiger charge is 2.27. The molecule has 0 aromatic rings. The van der Waals surface area contributed by atoms with Crippen LogP contribution in [0.1, 0.15) is 39.5 Å². The summed E-state index contributed by atoms with van der Waals surface area (Å²) in [6.45, 7) is 4.34. The fourth-order valence-electron chi connectivity index (χ4n) is 2.41. The number of thioether (sulfide) groups is 1. The third kappa shape index (κ3) is 5.72. The highest BCUT2D eigenvalue weighted by atomic mass is 32.2. The first kappa shape index (κ1) is 16.1. The first-order chi connectivity index (χ1) is 9.06. The monoisotopic (exact) mass is 288 g/mol. The van der Waals surface area contributed by atoms with Crippen molar-refractivity contribution >= 4 is 23.8 Å². The highest BCUT2D eigenvalue weighted by Crippen LogP contribution is 2.29. The predicted octanol–water partition coefficient (Wildman–Crippen LogP) is 2.17. The van der Waals surface area contributed by atoms with Crippen molar-refractivity contribution < 1.29 is 14.7 Å². The van der Waals surface area contributed by atoms with Crippen molar-refractivity contribution in [3.63, 3.8) is 0 Å². The first-order valence-electron chi connectivity index (χ1n) is 6.95. The molecule has 2 amide bonds. The fourth-order valence-corrected chi connectivity index (χ4v) is 3.55. The van der Waals surface area contributed by atoms with Crippen molar-refractivity contribution in [2.24, 2.45) is 0 Å². The molecule has 2 atom stereocenters. The van der Waals surface area contributed by atoms with Crippen LogP contribution in [0.5, 0.6) is 0 Å². The zero-order chi connectivity index (χ0) is 14.3. The Morgan fingerprint density at radius 3 is 2.68 bits per heavy atom. The first-order valence-corrected chi connectivity index (χ1v) is 8.00. The average Bonchev–Trinajstić information content (AvgIpc) is 2.76. The van der Waals surface area contributed by atoms with Crippen LogP contribution in [-0.2, 0) is 4.79 Å². The number of carbonyl (C=O) groups excluding carboxylic acids is 1. The molecule has 0 aliphatic heterocycles. The molecule has 0 heterocycles. The number of rotatable bonds is 7. The SMILES string of the molecule is CCCN(CC(=O)O)C(=O)NC1CCC(SCC)C1. The quantitative estimate of drug-likeness (QED) is 0.753. The molecule has 0 spiro atoms. The molecule has 6 heteroatoms. The van der Waals surface area contributed by atoms with Crippen molar-refractivity contribution in [1.82, 2.24) is 10.2 Å². The minimum absolute atomic E-state index is 0.199. The van der Waals surface area contributed by atoms with Gasteiger partial charge in [-0.15, -0.1) is 0 Å². The van der Waals surface area contributed by atoms with Crippen molar-refractivity contribution in [3.8, 4) is 0 Å². The molecule has 5 nitrogen and oxygen atoms in total. The lowest BCUT2D eigenvalue weighted by molar-refractivity contribution is -0.137. The number of hydrogen-bond acceptors (Lipinski definition) is 3. The van der Waals surface area contributed by atoms with Gasteiger partial charge in [0.05, 0.1) is 0 Å². The number of carboxylic acid groups (broad SMARTS) is 1. The van der Waals surface area contributed by atoms with Gasteiger partial charge in [0.1, 0.15) is 6.54 Å². The number of amides is 2. The van der Waals surface area contributed by atoms with E-state index >= 15 is 0 Å². The van der Waals surface area contributed by atoms with Crippen LogP contribution >= 0.6 is 11.8 Å². The maximum absolute atomic E-state index is 12.0. The lowest BCUT2D eigenvalue weighted by Crippen LogP contribution is -2.46. The average molecular weight is 288 g/mol. The van der Waals surface area contributed by atoms with Crippen molar-refractivity contribution in [2.75, 3.05) is 18.8 Å². The Kier molecular flexibility index (Phi) is 7.05. The maximum atomic E-state index is 12.0. The van der Waals surface area contributed by atoms with Crippen LogP contribution in [0.3, 0.4) is 0 Å². The summed E-state index contributed by atoms with van der Waals surface area (Å²) in [5, 5.41) is 12.4. The molecular formula is C13H24N2O3S. The summed E-state index contributed by atoms with van der Waals surface area (Å²) in [5.41, 5.74) is 0. The van der Waals surface area contributed by atoms with Crippen LogP contribution in [0.25, 0.3) is 0 Å². The Bertz CT molecular complexity index is 312. The summed E-state index contributed by atoms with van der Waals surface area (Å²) in [5.74, 6) is 0.140. The predicted molar refractivity (Wildman–Crippen MR) is 77.6 cm³/mol. The third-order valence-corrected chi connectivity index (χ3v) is 4.45. The molecule has 1 rings (SSSR count). The molecule has 0 saturated heterocycles. The second-order valence-corrected chi connectivity index (χ2v) is 6.43. The molecule has 2 unspecified atom stereocenters. The molecule has 1 saturated carbocycles. The van der Waals surface area contributed by atoms with E-state index in [4.69, 9.17) is 5.11 Å². The third-order valence-electron chi connectivity index (χ3n) is 3.22. The van der Waals surface area contributed by atoms with E-state index in [0.717, 1.165) is 31.4 Å². The van der Waals surface area contributed by atoms with E-state index < -0.39 is 5.97 Å². The molecular weight excluding hydrogens is 264 g/mol. The van der Waals surface area contributed by atoms with Gasteiger partial charge < -0.3 is 15.3 Å². The molecule has 19 heavy (non-hydrogen) atoms. The lowest BCUT2D eigenvalue weighted by Gasteiger charge is -2.23. The van der Waals surface area contributed by atoms with Gasteiger partial charge in [-0.05, 0) is 31.4 Å². The number of nitrogens with zero attached hydrogens (tertiary/aromatic N) is 1. The van der Waals surface area contributed by atoms with Gasteiger partial charge in [-0.25, -0.2) is 4.79 Å². The Morgan fingerprint density at radius 2 is 2.11 bits per heavy atom. The van der Waals surface area contributed by atoms with Gasteiger partial charge in [0, 0.05) is 17.8 Å². The van der Waals surface area contributed by atoms with Crippen molar-refractivity contribution in [3.05, 3.63) is 0 Å². The smallest absolute Gasteiger partial charge is 0.323 e. The zero-order valence-electron chi connectivity index (χ0n) is 11.7. The fraction of sp³-hybridized carbons (Fsp3) is 0.846. The van der Waals surface area contributed by atoms with E-state index in [2.05, 4.69) is 12.2 Å². The van der Waals surface area contributed by atoms with Gasteiger partial charge in [0.2, 0.25) is 0 Å². The van der Waals surface area contributed by atoms with Crippen molar-refractivity contribution in [1.29, 1.82) is 0 Å². The normalized spacial score (nSPS) is 22.2. The molecule has 0 aromatic carbocycles. The second kappa shape index (κ2) is 8.30. The summed E-state index contributed by atoms with van der Waals surface area (Å²) in [6, 6.07) is -0.0406. The van der Waals surface area contributed by atoms with E-state index in [1.807, 2.05) is 18.7 Å². The minimum Gasteiger partial charge on any atom is -0.480 e. The second-order valence-electron chi connectivity index (χ2n) is 4.85. The number of hydrogen-bond donors (Lipinski definition) is 2. The summed E-state index contributed by atoms with van der Waals surface area (Å²) < 4.78 is 0. The van der Waals surface area contributed by atoms with Gasteiger partial charge >= 0.3 is 12.0 Å². The topological polar surface area (TPSA) is 69.6 Å². The van der Waals surface area contributed by atoms with E-state index in [1.165, 1.54) is 4.90 Å². The Hall–Kier alpha value is -0.910. The van der Waals surface area contributed by atoms with E-state index in [0.29, 0.717) is 11.8 Å². The van der Waals surface area contributed by atoms with Gasteiger partial charge in [-0.2, -0.15) is 11.8 Å². The molecule has 1 fully saturated rings. The molecule has 0 aromatic heterocycles. The standard InChI is InChI=1S/C13H24N2O3S/c1-3-7-15(9-12(16)17)13(18)14-10-5-6-11(8-10)19-4-2/h10-11H,3-9H2,1-2H3,(H,14,18)(H,16,17). The summed E-state index contributed by atoms with van der Waals surface area (Å²) in [7, 11) is 0. The Balaban J connectivity index is 2.41. The zero-order valence-corrected chi connectivity index (χ0v) is 12.5. The molecule has 1 aliphatic rings. The summed E-state index contributed by atoms with van der Waals surface area (Å²) >= 11 is 1.94. The van der Waals surface area contributed by atoms with Crippen LogP contribution in [-0.4, -0.2) is 52.1 Å². The van der Waals surface area contributed by atoms with Crippen LogP contribution in [0.4, 0.5) is 4.79 Å². The minimum atomic E-state index is -0.963. The number of aliphatic carboxylic acids is 1. The largest absolute Gasteiger partial charge is 0.480 e. The number of carboxylic acids is 1. The van der Waals surface area contributed by atoms with Crippen molar-refractivity contribution in [2.45, 2.75) is 50.8 Å². The van der Waals surface area contributed by atoms with E-state index in [9.17, 15) is 9.59 Å². The van der Waals surface area contributed by atoms with Crippen LogP contribution in [0.2, 0.25) is 0 Å². The summed E-state index contributed by atoms with van der Waals surface area (Å²) in [4.78, 5) is 24.1. The molecule has 0 bridgehead atoms. The Morgan fingerprint density at radius 1 is 1.37 bits per heavy atom.